The first kappa shape index (κ1) is 23.6. The number of pyridine rings is 2. The second kappa shape index (κ2) is 10.1. The van der Waals surface area contributed by atoms with Crippen molar-refractivity contribution < 1.29 is 14.3 Å². The molecule has 0 aliphatic rings. The van der Waals surface area contributed by atoms with Crippen molar-refractivity contribution in [3.05, 3.63) is 64.7 Å². The highest BCUT2D eigenvalue weighted by Gasteiger charge is 2.24. The van der Waals surface area contributed by atoms with Crippen molar-refractivity contribution >= 4 is 46.4 Å². The van der Waals surface area contributed by atoms with E-state index in [0.29, 0.717) is 22.8 Å². The van der Waals surface area contributed by atoms with Gasteiger partial charge in [0.2, 0.25) is 5.88 Å². The SMILES string of the molecule is COc1cc(C(=O)Nc2c(C)cc3ccnn3c2C(=O)NCCSC)n(-c2ncccc2Cl)n1. The Kier molecular flexibility index (Phi) is 7.03. The molecule has 4 heterocycles. The molecule has 2 N–H and O–H groups in total. The molecule has 0 unspecified atom stereocenters. The summed E-state index contributed by atoms with van der Waals surface area (Å²) in [5.41, 5.74) is 2.12. The van der Waals surface area contributed by atoms with E-state index in [2.05, 4.69) is 25.8 Å². The zero-order chi connectivity index (χ0) is 24.2. The maximum atomic E-state index is 13.4. The first-order valence-electron chi connectivity index (χ1n) is 10.3. The predicted molar refractivity (Wildman–Crippen MR) is 132 cm³/mol. The van der Waals surface area contributed by atoms with Gasteiger partial charge in [-0.05, 0) is 43.0 Å². The molecule has 4 rings (SSSR count). The fourth-order valence-electron chi connectivity index (χ4n) is 3.41. The van der Waals surface area contributed by atoms with Crippen molar-refractivity contribution in [1.29, 1.82) is 0 Å². The number of methoxy groups -OCH3 is 1. The zero-order valence-electron chi connectivity index (χ0n) is 18.7. The van der Waals surface area contributed by atoms with Gasteiger partial charge in [0.05, 0.1) is 29.5 Å². The molecule has 0 atom stereocenters. The van der Waals surface area contributed by atoms with Gasteiger partial charge < -0.3 is 15.4 Å². The molecule has 176 valence electrons. The smallest absolute Gasteiger partial charge is 0.274 e. The fraction of sp³-hybridized carbons (Fsp3) is 0.227. The van der Waals surface area contributed by atoms with Crippen molar-refractivity contribution in [1.82, 2.24) is 29.7 Å². The van der Waals surface area contributed by atoms with Crippen LogP contribution in [0.25, 0.3) is 11.3 Å². The molecule has 4 aromatic heterocycles. The summed E-state index contributed by atoms with van der Waals surface area (Å²) in [6.07, 6.45) is 5.10. The Bertz CT molecular complexity index is 1370. The Morgan fingerprint density at radius 1 is 1.21 bits per heavy atom. The molecule has 2 amide bonds. The number of amides is 2. The zero-order valence-corrected chi connectivity index (χ0v) is 20.3. The normalized spacial score (nSPS) is 10.9. The molecule has 0 aromatic carbocycles. The van der Waals surface area contributed by atoms with Crippen molar-refractivity contribution in [3.63, 3.8) is 0 Å². The maximum Gasteiger partial charge on any atom is 0.274 e. The fourth-order valence-corrected chi connectivity index (χ4v) is 3.92. The molecule has 4 aromatic rings. The minimum Gasteiger partial charge on any atom is -0.480 e. The summed E-state index contributed by atoms with van der Waals surface area (Å²) < 4.78 is 8.03. The van der Waals surface area contributed by atoms with Crippen LogP contribution in [0.1, 0.15) is 26.5 Å². The number of aromatic nitrogens is 5. The lowest BCUT2D eigenvalue weighted by molar-refractivity contribution is 0.0949. The number of anilines is 1. The predicted octanol–water partition coefficient (Wildman–Crippen LogP) is 3.23. The first-order valence-corrected chi connectivity index (χ1v) is 12.0. The van der Waals surface area contributed by atoms with Gasteiger partial charge in [0.15, 0.2) is 11.5 Å². The number of carbonyl (C=O) groups excluding carboxylic acids is 2. The Balaban J connectivity index is 1.77. The quantitative estimate of drug-likeness (QED) is 0.357. The Labute approximate surface area is 204 Å². The van der Waals surface area contributed by atoms with Gasteiger partial charge in [-0.15, -0.1) is 5.10 Å². The molecule has 0 aliphatic heterocycles. The Morgan fingerprint density at radius 3 is 2.76 bits per heavy atom. The third kappa shape index (κ3) is 4.57. The van der Waals surface area contributed by atoms with Crippen molar-refractivity contribution in [2.24, 2.45) is 0 Å². The number of thioether (sulfide) groups is 1. The number of hydrogen-bond acceptors (Lipinski definition) is 7. The second-order valence-corrected chi connectivity index (χ2v) is 8.61. The maximum absolute atomic E-state index is 13.4. The lowest BCUT2D eigenvalue weighted by atomic mass is 10.1. The number of fused-ring (bicyclic) bond motifs is 1. The molecule has 12 heteroatoms. The van der Waals surface area contributed by atoms with Gasteiger partial charge in [0.1, 0.15) is 5.69 Å². The Morgan fingerprint density at radius 2 is 2.03 bits per heavy atom. The first-order chi connectivity index (χ1) is 16.4. The highest BCUT2D eigenvalue weighted by molar-refractivity contribution is 7.98. The lowest BCUT2D eigenvalue weighted by Gasteiger charge is -2.16. The van der Waals surface area contributed by atoms with E-state index in [1.807, 2.05) is 19.2 Å². The van der Waals surface area contributed by atoms with Gasteiger partial charge >= 0.3 is 0 Å². The van der Waals surface area contributed by atoms with Gasteiger partial charge in [-0.1, -0.05) is 11.6 Å². The molecule has 34 heavy (non-hydrogen) atoms. The second-order valence-electron chi connectivity index (χ2n) is 7.21. The van der Waals surface area contributed by atoms with Gasteiger partial charge in [-0.2, -0.15) is 16.9 Å². The van der Waals surface area contributed by atoms with Gasteiger partial charge in [0.25, 0.3) is 11.8 Å². The van der Waals surface area contributed by atoms with Crippen LogP contribution in [-0.4, -0.2) is 61.9 Å². The average Bonchev–Trinajstić information content (AvgIpc) is 3.46. The molecular weight excluding hydrogens is 478 g/mol. The summed E-state index contributed by atoms with van der Waals surface area (Å²) in [7, 11) is 1.45. The van der Waals surface area contributed by atoms with Crippen LogP contribution >= 0.6 is 23.4 Å². The summed E-state index contributed by atoms with van der Waals surface area (Å²) in [6, 6.07) is 8.43. The number of nitrogens with zero attached hydrogens (tertiary/aromatic N) is 5. The van der Waals surface area contributed by atoms with E-state index in [1.165, 1.54) is 22.4 Å². The molecular formula is C22H22ClN7O3S. The number of hydrogen-bond donors (Lipinski definition) is 2. The standard InChI is InChI=1S/C22H22ClN7O3S/c1-13-11-14-6-8-26-29(14)19(22(32)25-9-10-34-3)18(13)27-21(31)16-12-17(33-2)28-30(16)20-15(23)5-4-7-24-20/h4-8,11-12H,9-10H2,1-3H3,(H,25,32)(H,27,31). The third-order valence-electron chi connectivity index (χ3n) is 4.99. The molecule has 10 nitrogen and oxygen atoms in total. The number of aryl methyl sites for hydroxylation is 1. The summed E-state index contributed by atoms with van der Waals surface area (Å²) >= 11 is 7.91. The van der Waals surface area contributed by atoms with Crippen molar-refractivity contribution in [2.45, 2.75) is 6.92 Å². The molecule has 0 saturated heterocycles. The van der Waals surface area contributed by atoms with Gasteiger partial charge in [-0.3, -0.25) is 9.59 Å². The third-order valence-corrected chi connectivity index (χ3v) is 5.90. The van der Waals surface area contributed by atoms with Crippen LogP contribution in [0.4, 0.5) is 5.69 Å². The van der Waals surface area contributed by atoms with Gasteiger partial charge in [0, 0.05) is 24.6 Å². The van der Waals surface area contributed by atoms with Crippen molar-refractivity contribution in [3.8, 4) is 11.7 Å². The van der Waals surface area contributed by atoms with E-state index in [-0.39, 0.29) is 29.0 Å². The molecule has 0 spiro atoms. The Hall–Kier alpha value is -3.57. The van der Waals surface area contributed by atoms with E-state index in [4.69, 9.17) is 16.3 Å². The van der Waals surface area contributed by atoms with Crippen LogP contribution in [-0.2, 0) is 0 Å². The topological polar surface area (TPSA) is 115 Å². The summed E-state index contributed by atoms with van der Waals surface area (Å²) in [5.74, 6) is 0.365. The molecule has 0 saturated carbocycles. The lowest BCUT2D eigenvalue weighted by Crippen LogP contribution is -2.30. The highest BCUT2D eigenvalue weighted by atomic mass is 35.5. The number of carbonyl (C=O) groups is 2. The van der Waals surface area contributed by atoms with Crippen LogP contribution in [0.5, 0.6) is 5.88 Å². The van der Waals surface area contributed by atoms with Crippen LogP contribution in [0.3, 0.4) is 0 Å². The number of halogens is 1. The summed E-state index contributed by atoms with van der Waals surface area (Å²) in [4.78, 5) is 30.8. The number of rotatable bonds is 8. The van der Waals surface area contributed by atoms with E-state index in [1.54, 1.807) is 42.4 Å². The molecule has 0 aliphatic carbocycles. The van der Waals surface area contributed by atoms with E-state index >= 15 is 0 Å². The number of ether oxygens (including phenoxy) is 1. The monoisotopic (exact) mass is 499 g/mol. The highest BCUT2D eigenvalue weighted by Crippen LogP contribution is 2.26. The molecule has 0 radical (unpaired) electrons. The minimum absolute atomic E-state index is 0.131. The number of nitrogens with one attached hydrogen (secondary N) is 2. The van der Waals surface area contributed by atoms with Crippen LogP contribution in [0, 0.1) is 6.92 Å². The summed E-state index contributed by atoms with van der Waals surface area (Å²) in [6.45, 7) is 2.29. The van der Waals surface area contributed by atoms with Crippen molar-refractivity contribution in [2.75, 3.05) is 31.0 Å². The van der Waals surface area contributed by atoms with E-state index < -0.39 is 5.91 Å². The molecule has 0 bridgehead atoms. The molecule has 0 fully saturated rings. The van der Waals surface area contributed by atoms with Crippen LogP contribution in [0.15, 0.2) is 42.7 Å². The van der Waals surface area contributed by atoms with Crippen LogP contribution < -0.4 is 15.4 Å². The average molecular weight is 500 g/mol. The van der Waals surface area contributed by atoms with E-state index in [0.717, 1.165) is 11.3 Å². The largest absolute Gasteiger partial charge is 0.480 e. The summed E-state index contributed by atoms with van der Waals surface area (Å²) in [5, 5.41) is 14.6. The van der Waals surface area contributed by atoms with Crippen LogP contribution in [0.2, 0.25) is 5.02 Å². The van der Waals surface area contributed by atoms with E-state index in [9.17, 15) is 9.59 Å². The van der Waals surface area contributed by atoms with Gasteiger partial charge in [-0.25, -0.2) is 14.2 Å². The minimum atomic E-state index is -0.523.